The summed E-state index contributed by atoms with van der Waals surface area (Å²) in [6.07, 6.45) is 0. The van der Waals surface area contributed by atoms with E-state index < -0.39 is 0 Å². The minimum absolute atomic E-state index is 0. The molecule has 0 spiro atoms. The van der Waals surface area contributed by atoms with Crippen molar-refractivity contribution in [1.29, 1.82) is 0 Å². The molecule has 0 saturated carbocycles. The topological polar surface area (TPSA) is 35.0 Å². The van der Waals surface area contributed by atoms with Crippen LogP contribution in [-0.4, -0.2) is 0 Å². The highest BCUT2D eigenvalue weighted by Gasteiger charge is 2.06. The Balaban J connectivity index is 0.000000245. The van der Waals surface area contributed by atoms with Gasteiger partial charge in [0.1, 0.15) is 0 Å². The van der Waals surface area contributed by atoms with E-state index in [0.717, 1.165) is 0 Å². The molecule has 0 amide bonds. The van der Waals surface area contributed by atoms with Crippen molar-refractivity contribution in [3.05, 3.63) is 24.3 Å². The standard InChI is InChI=1S/C6H4.H3N/c1-2-5-4-6(5)3-1;/h1-4H;1H3. The van der Waals surface area contributed by atoms with Gasteiger partial charge in [-0.1, -0.05) is 18.2 Å². The van der Waals surface area contributed by atoms with Crippen LogP contribution < -0.4 is 6.15 Å². The van der Waals surface area contributed by atoms with Gasteiger partial charge in [-0.05, 0) is 17.2 Å². The Labute approximate surface area is 42.6 Å². The van der Waals surface area contributed by atoms with Crippen LogP contribution in [0.4, 0.5) is 0 Å². The van der Waals surface area contributed by atoms with Crippen LogP contribution in [-0.2, 0) is 0 Å². The maximum absolute atomic E-state index is 2.17. The highest BCUT2D eigenvalue weighted by Crippen LogP contribution is 2.32. The molecule has 0 aromatic heterocycles. The Bertz CT molecular complexity index is 164. The van der Waals surface area contributed by atoms with E-state index in [1.807, 2.05) is 0 Å². The van der Waals surface area contributed by atoms with Crippen molar-refractivity contribution in [1.82, 2.24) is 6.15 Å². The lowest BCUT2D eigenvalue weighted by atomic mass is 10.6. The summed E-state index contributed by atoms with van der Waals surface area (Å²) in [7, 11) is 0. The van der Waals surface area contributed by atoms with Crippen molar-refractivity contribution in [2.24, 2.45) is 0 Å². The molecule has 0 saturated heterocycles. The van der Waals surface area contributed by atoms with Gasteiger partial charge in [-0.3, -0.25) is 0 Å². The second kappa shape index (κ2) is 1.07. The number of benzene rings is 1. The third kappa shape index (κ3) is 0.419. The molecule has 1 heteroatoms. The molecule has 0 aliphatic heterocycles. The molecule has 0 heterocycles. The molecule has 2 rings (SSSR count). The zero-order valence-corrected chi connectivity index (χ0v) is 4.02. The quantitative estimate of drug-likeness (QED) is 0.529. The number of hydrogen-bond donors (Lipinski definition) is 1. The first-order valence-electron chi connectivity index (χ1n) is 2.07. The van der Waals surface area contributed by atoms with E-state index in [1.165, 1.54) is 11.1 Å². The minimum Gasteiger partial charge on any atom is -0.344 e. The Morgan fingerprint density at radius 3 is 1.71 bits per heavy atom. The molecule has 0 radical (unpaired) electrons. The van der Waals surface area contributed by atoms with Crippen molar-refractivity contribution in [2.75, 3.05) is 0 Å². The highest BCUT2D eigenvalue weighted by atomic mass is 14.1. The fraction of sp³-hybridized carbons (Fsp3) is 0. The van der Waals surface area contributed by atoms with Crippen LogP contribution >= 0.6 is 0 Å². The van der Waals surface area contributed by atoms with E-state index in [9.17, 15) is 0 Å². The third-order valence-corrected chi connectivity index (χ3v) is 1.11. The van der Waals surface area contributed by atoms with E-state index in [0.29, 0.717) is 0 Å². The van der Waals surface area contributed by atoms with Gasteiger partial charge in [-0.15, -0.1) is 0 Å². The van der Waals surface area contributed by atoms with Gasteiger partial charge in [0, 0.05) is 0 Å². The van der Waals surface area contributed by atoms with Crippen molar-refractivity contribution < 1.29 is 0 Å². The third-order valence-electron chi connectivity index (χ3n) is 1.11. The first-order valence-corrected chi connectivity index (χ1v) is 2.07. The largest absolute Gasteiger partial charge is 0.344 e. The maximum atomic E-state index is 2.17. The van der Waals surface area contributed by atoms with Gasteiger partial charge in [0.05, 0.1) is 0 Å². The van der Waals surface area contributed by atoms with Crippen molar-refractivity contribution >= 4 is 0 Å². The Kier molecular flexibility index (Phi) is 0.666. The molecule has 36 valence electrons. The first-order chi connectivity index (χ1) is 2.97. The molecule has 0 fully saturated rings. The van der Waals surface area contributed by atoms with Crippen LogP contribution in [0.3, 0.4) is 0 Å². The summed E-state index contributed by atoms with van der Waals surface area (Å²) < 4.78 is 0. The fourth-order valence-corrected chi connectivity index (χ4v) is 0.676. The molecule has 0 bridgehead atoms. The summed E-state index contributed by atoms with van der Waals surface area (Å²) in [5.41, 5.74) is 2.85. The summed E-state index contributed by atoms with van der Waals surface area (Å²) in [6, 6.07) is 8.48. The van der Waals surface area contributed by atoms with E-state index in [-0.39, 0.29) is 6.15 Å². The Hall–Kier alpha value is -0.820. The molecule has 0 aromatic carbocycles. The molecule has 1 nitrogen and oxygen atoms in total. The summed E-state index contributed by atoms with van der Waals surface area (Å²) in [5, 5.41) is 0. The minimum atomic E-state index is 0. The number of rotatable bonds is 0. The molecular weight excluding hydrogens is 86.1 g/mol. The highest BCUT2D eigenvalue weighted by molar-refractivity contribution is 5.80. The van der Waals surface area contributed by atoms with Gasteiger partial charge in [0.15, 0.2) is 0 Å². The second-order valence-corrected chi connectivity index (χ2v) is 1.58. The van der Waals surface area contributed by atoms with E-state index >= 15 is 0 Å². The normalized spacial score (nSPS) is 9.71. The van der Waals surface area contributed by atoms with Crippen LogP contribution in [0.25, 0.3) is 11.1 Å². The predicted octanol–water partition coefficient (Wildman–Crippen LogP) is 1.83. The summed E-state index contributed by atoms with van der Waals surface area (Å²) in [4.78, 5) is 0. The second-order valence-electron chi connectivity index (χ2n) is 1.58. The van der Waals surface area contributed by atoms with E-state index in [2.05, 4.69) is 24.3 Å². The zero-order chi connectivity index (χ0) is 3.98. The zero-order valence-electron chi connectivity index (χ0n) is 4.02. The smallest absolute Gasteiger partial charge is 0.0178 e. The lowest BCUT2D eigenvalue weighted by Crippen LogP contribution is -1.23. The SMILES string of the molecule is N.c1cc2cc-2c1. The molecule has 2 aliphatic rings. The summed E-state index contributed by atoms with van der Waals surface area (Å²) >= 11 is 0. The molecule has 7 heavy (non-hydrogen) atoms. The molecule has 2 aliphatic carbocycles. The summed E-state index contributed by atoms with van der Waals surface area (Å²) in [5.74, 6) is 0. The van der Waals surface area contributed by atoms with Crippen molar-refractivity contribution in [3.8, 4) is 11.1 Å². The Morgan fingerprint density at radius 2 is 1.57 bits per heavy atom. The van der Waals surface area contributed by atoms with Crippen LogP contribution in [0.2, 0.25) is 0 Å². The lowest BCUT2D eigenvalue weighted by molar-refractivity contribution is 2.01. The van der Waals surface area contributed by atoms with Gasteiger partial charge in [-0.2, -0.15) is 0 Å². The average molecular weight is 93.1 g/mol. The lowest BCUT2D eigenvalue weighted by Gasteiger charge is -1.48. The van der Waals surface area contributed by atoms with Crippen molar-refractivity contribution in [3.63, 3.8) is 0 Å². The van der Waals surface area contributed by atoms with Gasteiger partial charge in [-0.25, -0.2) is 0 Å². The number of fused-ring (bicyclic) bond motifs is 1. The molecular formula is C6H7N. The average Bonchev–Trinajstić information content (AvgIpc) is 2.17. The van der Waals surface area contributed by atoms with Crippen LogP contribution in [0.5, 0.6) is 0 Å². The molecule has 0 aromatic rings. The molecule has 3 N–H and O–H groups in total. The van der Waals surface area contributed by atoms with Crippen LogP contribution in [0.15, 0.2) is 24.3 Å². The van der Waals surface area contributed by atoms with Gasteiger partial charge < -0.3 is 6.15 Å². The van der Waals surface area contributed by atoms with E-state index in [4.69, 9.17) is 0 Å². The Morgan fingerprint density at radius 1 is 1.00 bits per heavy atom. The number of hydrogen-bond acceptors (Lipinski definition) is 1. The van der Waals surface area contributed by atoms with Gasteiger partial charge in [0.2, 0.25) is 0 Å². The van der Waals surface area contributed by atoms with E-state index in [1.54, 1.807) is 0 Å². The fourth-order valence-electron chi connectivity index (χ4n) is 0.676. The van der Waals surface area contributed by atoms with Gasteiger partial charge >= 0.3 is 0 Å². The molecule has 0 unspecified atom stereocenters. The maximum Gasteiger partial charge on any atom is -0.0178 e. The monoisotopic (exact) mass is 93.1 g/mol. The van der Waals surface area contributed by atoms with Crippen LogP contribution in [0.1, 0.15) is 0 Å². The van der Waals surface area contributed by atoms with Crippen molar-refractivity contribution in [2.45, 2.75) is 0 Å². The summed E-state index contributed by atoms with van der Waals surface area (Å²) in [6.45, 7) is 0. The van der Waals surface area contributed by atoms with Crippen LogP contribution in [0, 0.1) is 0 Å². The molecule has 0 atom stereocenters. The first kappa shape index (κ1) is 4.34. The van der Waals surface area contributed by atoms with Gasteiger partial charge in [0.25, 0.3) is 0 Å². The predicted molar refractivity (Wildman–Crippen MR) is 30.5 cm³/mol.